The van der Waals surface area contributed by atoms with Gasteiger partial charge in [-0.1, -0.05) is 12.1 Å². The first-order chi connectivity index (χ1) is 14.5. The molecule has 0 bridgehead atoms. The number of aliphatic carboxylic acids is 1. The second-order valence-corrected chi connectivity index (χ2v) is 8.06. The summed E-state index contributed by atoms with van der Waals surface area (Å²) in [6.45, 7) is 4.82. The second kappa shape index (κ2) is 8.54. The van der Waals surface area contributed by atoms with Crippen LogP contribution in [0.4, 0.5) is 13.2 Å². The van der Waals surface area contributed by atoms with Gasteiger partial charge in [0.1, 0.15) is 18.1 Å². The fraction of sp³-hybridized carbons (Fsp3) is 0.286. The van der Waals surface area contributed by atoms with Crippen LogP contribution in [-0.2, 0) is 17.6 Å². The number of halogens is 3. The Kier molecular flexibility index (Phi) is 6.21. The molecule has 3 aromatic rings. The van der Waals surface area contributed by atoms with Gasteiger partial charge in [0.05, 0.1) is 5.56 Å². The van der Waals surface area contributed by atoms with Crippen molar-refractivity contribution in [2.45, 2.75) is 39.2 Å². The fourth-order valence-electron chi connectivity index (χ4n) is 2.53. The lowest BCUT2D eigenvalue weighted by Gasteiger charge is -2.23. The number of ether oxygens (including phenoxy) is 2. The lowest BCUT2D eigenvalue weighted by Crippen LogP contribution is -2.38. The number of alkyl halides is 3. The number of carbonyl (C=O) groups is 1. The average molecular weight is 452 g/mol. The highest BCUT2D eigenvalue weighted by Crippen LogP contribution is 2.31. The first kappa shape index (κ1) is 22.5. The van der Waals surface area contributed by atoms with E-state index in [1.54, 1.807) is 25.1 Å². The van der Waals surface area contributed by atoms with Crippen LogP contribution in [0.3, 0.4) is 0 Å². The van der Waals surface area contributed by atoms with Crippen molar-refractivity contribution in [3.05, 3.63) is 58.6 Å². The van der Waals surface area contributed by atoms with Gasteiger partial charge in [-0.15, -0.1) is 0 Å². The summed E-state index contributed by atoms with van der Waals surface area (Å²) in [7, 11) is 0. The number of carboxylic acid groups (broad SMARTS) is 1. The van der Waals surface area contributed by atoms with Crippen LogP contribution in [0, 0.1) is 6.92 Å². The standard InChI is InChI=1S/C21H19F3N2O4S/c1-12-10-15(8-9-16(12)30-20(2,3)19(27)28)29-11-17-25-18(26-31-17)13-4-6-14(7-5-13)21(22,23)24/h4-10H,11H2,1-3H3,(H,27,28). The molecule has 1 N–H and O–H groups in total. The van der Waals surface area contributed by atoms with Gasteiger partial charge < -0.3 is 14.6 Å². The van der Waals surface area contributed by atoms with E-state index in [0.717, 1.165) is 23.7 Å². The monoisotopic (exact) mass is 452 g/mol. The van der Waals surface area contributed by atoms with Crippen molar-refractivity contribution in [1.29, 1.82) is 0 Å². The SMILES string of the molecule is Cc1cc(OCc2nc(-c3ccc(C(F)(F)F)cc3)ns2)ccc1OC(C)(C)C(=O)O. The van der Waals surface area contributed by atoms with Gasteiger partial charge in [-0.2, -0.15) is 17.5 Å². The maximum absolute atomic E-state index is 12.7. The molecule has 0 atom stereocenters. The summed E-state index contributed by atoms with van der Waals surface area (Å²) in [5.74, 6) is 0.213. The fourth-order valence-corrected chi connectivity index (χ4v) is 3.11. The summed E-state index contributed by atoms with van der Waals surface area (Å²) in [6.07, 6.45) is -4.39. The third kappa shape index (κ3) is 5.52. The average Bonchev–Trinajstić information content (AvgIpc) is 3.16. The molecular weight excluding hydrogens is 433 g/mol. The van der Waals surface area contributed by atoms with Crippen molar-refractivity contribution >= 4 is 17.5 Å². The zero-order valence-corrected chi connectivity index (χ0v) is 17.7. The molecule has 31 heavy (non-hydrogen) atoms. The predicted molar refractivity (Wildman–Crippen MR) is 108 cm³/mol. The second-order valence-electron chi connectivity index (χ2n) is 7.22. The van der Waals surface area contributed by atoms with Crippen molar-refractivity contribution < 1.29 is 32.5 Å². The van der Waals surface area contributed by atoms with Crippen molar-refractivity contribution in [2.24, 2.45) is 0 Å². The zero-order chi connectivity index (χ0) is 22.8. The van der Waals surface area contributed by atoms with E-state index in [2.05, 4.69) is 9.36 Å². The molecule has 1 aromatic heterocycles. The normalized spacial score (nSPS) is 11.9. The van der Waals surface area contributed by atoms with Crippen LogP contribution in [0.1, 0.15) is 30.0 Å². The van der Waals surface area contributed by atoms with E-state index in [-0.39, 0.29) is 6.61 Å². The number of aryl methyl sites for hydroxylation is 1. The minimum Gasteiger partial charge on any atom is -0.486 e. The van der Waals surface area contributed by atoms with Crippen molar-refractivity contribution in [2.75, 3.05) is 0 Å². The first-order valence-electron chi connectivity index (χ1n) is 9.12. The Morgan fingerprint density at radius 3 is 2.39 bits per heavy atom. The molecule has 0 spiro atoms. The zero-order valence-electron chi connectivity index (χ0n) is 16.9. The largest absolute Gasteiger partial charge is 0.486 e. The Bertz CT molecular complexity index is 1080. The third-order valence-electron chi connectivity index (χ3n) is 4.33. The van der Waals surface area contributed by atoms with E-state index in [4.69, 9.17) is 9.47 Å². The summed E-state index contributed by atoms with van der Waals surface area (Å²) in [5.41, 5.74) is -0.915. The molecule has 0 aliphatic rings. The van der Waals surface area contributed by atoms with E-state index >= 15 is 0 Å². The number of nitrogens with zero attached hydrogens (tertiary/aromatic N) is 2. The molecule has 0 amide bonds. The van der Waals surface area contributed by atoms with Crippen LogP contribution >= 0.6 is 11.5 Å². The number of benzene rings is 2. The van der Waals surface area contributed by atoms with Crippen molar-refractivity contribution in [3.63, 3.8) is 0 Å². The van der Waals surface area contributed by atoms with Crippen LogP contribution in [-0.4, -0.2) is 26.0 Å². The van der Waals surface area contributed by atoms with E-state index in [9.17, 15) is 23.1 Å². The molecule has 0 aliphatic heterocycles. The van der Waals surface area contributed by atoms with E-state index in [0.29, 0.717) is 33.5 Å². The van der Waals surface area contributed by atoms with Gasteiger partial charge in [0.2, 0.25) is 0 Å². The minimum absolute atomic E-state index is 0.124. The number of aromatic nitrogens is 2. The van der Waals surface area contributed by atoms with Gasteiger partial charge >= 0.3 is 12.1 Å². The van der Waals surface area contributed by atoms with Crippen LogP contribution in [0.2, 0.25) is 0 Å². The molecule has 0 radical (unpaired) electrons. The van der Waals surface area contributed by atoms with Gasteiger partial charge in [0.25, 0.3) is 0 Å². The number of rotatable bonds is 7. The molecule has 0 aliphatic carbocycles. The number of hydrogen-bond acceptors (Lipinski definition) is 6. The lowest BCUT2D eigenvalue weighted by molar-refractivity contribution is -0.152. The molecular formula is C21H19F3N2O4S. The van der Waals surface area contributed by atoms with Crippen LogP contribution in [0.15, 0.2) is 42.5 Å². The van der Waals surface area contributed by atoms with E-state index < -0.39 is 23.3 Å². The molecule has 0 unspecified atom stereocenters. The van der Waals surface area contributed by atoms with Gasteiger partial charge in [0.15, 0.2) is 16.4 Å². The molecule has 164 valence electrons. The van der Waals surface area contributed by atoms with Crippen molar-refractivity contribution in [1.82, 2.24) is 9.36 Å². The molecule has 0 saturated heterocycles. The smallest absolute Gasteiger partial charge is 0.416 e. The highest BCUT2D eigenvalue weighted by atomic mass is 32.1. The lowest BCUT2D eigenvalue weighted by atomic mass is 10.1. The highest BCUT2D eigenvalue weighted by Gasteiger charge is 2.30. The Hall–Kier alpha value is -3.14. The summed E-state index contributed by atoms with van der Waals surface area (Å²) >= 11 is 1.09. The van der Waals surface area contributed by atoms with Gasteiger partial charge in [0, 0.05) is 5.56 Å². The molecule has 3 rings (SSSR count). The van der Waals surface area contributed by atoms with Gasteiger partial charge in [-0.05, 0) is 68.2 Å². The molecule has 2 aromatic carbocycles. The quantitative estimate of drug-likeness (QED) is 0.520. The highest BCUT2D eigenvalue weighted by molar-refractivity contribution is 7.05. The molecule has 6 nitrogen and oxygen atoms in total. The van der Waals surface area contributed by atoms with E-state index in [1.165, 1.54) is 26.0 Å². The first-order valence-corrected chi connectivity index (χ1v) is 9.89. The Morgan fingerprint density at radius 1 is 1.13 bits per heavy atom. The maximum Gasteiger partial charge on any atom is 0.416 e. The number of carboxylic acids is 1. The van der Waals surface area contributed by atoms with Gasteiger partial charge in [-0.3, -0.25) is 0 Å². The summed E-state index contributed by atoms with van der Waals surface area (Å²) < 4.78 is 53.5. The van der Waals surface area contributed by atoms with Crippen LogP contribution in [0.25, 0.3) is 11.4 Å². The predicted octanol–water partition coefficient (Wildman–Crippen LogP) is 5.35. The Balaban J connectivity index is 1.64. The topological polar surface area (TPSA) is 81.5 Å². The Labute approximate surface area is 180 Å². The maximum atomic E-state index is 12.7. The van der Waals surface area contributed by atoms with Gasteiger partial charge in [-0.25, -0.2) is 9.78 Å². The summed E-state index contributed by atoms with van der Waals surface area (Å²) in [5, 5.41) is 9.74. The third-order valence-corrected chi connectivity index (χ3v) is 5.01. The summed E-state index contributed by atoms with van der Waals surface area (Å²) in [6, 6.07) is 9.63. The van der Waals surface area contributed by atoms with E-state index in [1.807, 2.05) is 0 Å². The van der Waals surface area contributed by atoms with Crippen molar-refractivity contribution in [3.8, 4) is 22.9 Å². The molecule has 10 heteroatoms. The molecule has 0 fully saturated rings. The molecule has 1 heterocycles. The summed E-state index contributed by atoms with van der Waals surface area (Å²) in [4.78, 5) is 15.5. The number of hydrogen-bond donors (Lipinski definition) is 1. The minimum atomic E-state index is -4.39. The van der Waals surface area contributed by atoms with Crippen LogP contribution in [0.5, 0.6) is 11.5 Å². The Morgan fingerprint density at radius 2 is 1.81 bits per heavy atom. The van der Waals surface area contributed by atoms with Crippen LogP contribution < -0.4 is 9.47 Å². The molecule has 0 saturated carbocycles.